The number of benzene rings is 2. The van der Waals surface area contributed by atoms with Crippen molar-refractivity contribution in [2.75, 3.05) is 27.3 Å². The predicted octanol–water partition coefficient (Wildman–Crippen LogP) is 3.14. The fourth-order valence-electron chi connectivity index (χ4n) is 2.29. The summed E-state index contributed by atoms with van der Waals surface area (Å²) < 4.78 is 11.0. The largest absolute Gasteiger partial charge is 0.497 e. The first-order valence-electron chi connectivity index (χ1n) is 8.48. The molecule has 0 aliphatic carbocycles. The van der Waals surface area contributed by atoms with E-state index in [9.17, 15) is 0 Å². The zero-order valence-corrected chi connectivity index (χ0v) is 15.2. The Morgan fingerprint density at radius 2 is 1.84 bits per heavy atom. The summed E-state index contributed by atoms with van der Waals surface area (Å²) in [5.74, 6) is 2.54. The standard InChI is InChI=1S/C20H27N3O2/c1-16-8-10-18(11-9-16)25-13-5-12-22-20(21-2)23-15-17-6-4-7-19(14-17)24-3/h4,6-11,14H,5,12-13,15H2,1-3H3,(H2,21,22,23). The van der Waals surface area contributed by atoms with Crippen molar-refractivity contribution < 1.29 is 9.47 Å². The van der Waals surface area contributed by atoms with Gasteiger partial charge in [0.25, 0.3) is 0 Å². The molecule has 0 atom stereocenters. The predicted molar refractivity (Wildman–Crippen MR) is 102 cm³/mol. The highest BCUT2D eigenvalue weighted by molar-refractivity contribution is 5.79. The van der Waals surface area contributed by atoms with Crippen LogP contribution < -0.4 is 20.1 Å². The Bertz CT molecular complexity index is 669. The fraction of sp³-hybridized carbons (Fsp3) is 0.350. The van der Waals surface area contributed by atoms with E-state index in [-0.39, 0.29) is 0 Å². The molecule has 0 saturated heterocycles. The minimum atomic E-state index is 0.670. The maximum Gasteiger partial charge on any atom is 0.191 e. The van der Waals surface area contributed by atoms with Crippen LogP contribution in [0.2, 0.25) is 0 Å². The number of aliphatic imine (C=N–C) groups is 1. The lowest BCUT2D eigenvalue weighted by Gasteiger charge is -2.13. The molecule has 0 radical (unpaired) electrons. The van der Waals surface area contributed by atoms with E-state index < -0.39 is 0 Å². The summed E-state index contributed by atoms with van der Waals surface area (Å²) in [4.78, 5) is 4.23. The summed E-state index contributed by atoms with van der Waals surface area (Å²) in [6.07, 6.45) is 0.897. The van der Waals surface area contributed by atoms with E-state index in [2.05, 4.69) is 40.7 Å². The highest BCUT2D eigenvalue weighted by Gasteiger charge is 2.00. The molecule has 25 heavy (non-hydrogen) atoms. The number of nitrogens with zero attached hydrogens (tertiary/aromatic N) is 1. The fourth-order valence-corrected chi connectivity index (χ4v) is 2.29. The molecule has 5 nitrogen and oxygen atoms in total. The van der Waals surface area contributed by atoms with Crippen LogP contribution in [0.3, 0.4) is 0 Å². The Morgan fingerprint density at radius 3 is 2.56 bits per heavy atom. The molecular weight excluding hydrogens is 314 g/mol. The Hall–Kier alpha value is -2.69. The van der Waals surface area contributed by atoms with Crippen LogP contribution in [0.15, 0.2) is 53.5 Å². The summed E-state index contributed by atoms with van der Waals surface area (Å²) in [5, 5.41) is 6.59. The number of guanidine groups is 1. The summed E-state index contributed by atoms with van der Waals surface area (Å²) >= 11 is 0. The number of ether oxygens (including phenoxy) is 2. The SMILES string of the molecule is CN=C(NCCCOc1ccc(C)cc1)NCc1cccc(OC)c1. The summed E-state index contributed by atoms with van der Waals surface area (Å²) in [7, 11) is 3.44. The van der Waals surface area contributed by atoms with E-state index in [0.717, 1.165) is 36.0 Å². The van der Waals surface area contributed by atoms with Crippen molar-refractivity contribution in [3.05, 3.63) is 59.7 Å². The molecule has 2 aromatic rings. The van der Waals surface area contributed by atoms with Crippen molar-refractivity contribution in [1.29, 1.82) is 0 Å². The van der Waals surface area contributed by atoms with Gasteiger partial charge in [0, 0.05) is 20.1 Å². The lowest BCUT2D eigenvalue weighted by atomic mass is 10.2. The number of rotatable bonds is 8. The van der Waals surface area contributed by atoms with Crippen LogP contribution in [0, 0.1) is 6.92 Å². The third kappa shape index (κ3) is 6.75. The normalized spacial score (nSPS) is 11.1. The maximum absolute atomic E-state index is 5.72. The van der Waals surface area contributed by atoms with E-state index >= 15 is 0 Å². The quantitative estimate of drug-likeness (QED) is 0.440. The van der Waals surface area contributed by atoms with Crippen molar-refractivity contribution in [2.45, 2.75) is 19.9 Å². The summed E-state index contributed by atoms with van der Waals surface area (Å²) in [6.45, 7) is 4.22. The Labute approximate surface area is 150 Å². The molecule has 0 aliphatic rings. The van der Waals surface area contributed by atoms with Crippen molar-refractivity contribution >= 4 is 5.96 Å². The van der Waals surface area contributed by atoms with Gasteiger partial charge in [-0.25, -0.2) is 0 Å². The van der Waals surface area contributed by atoms with Gasteiger partial charge >= 0.3 is 0 Å². The summed E-state index contributed by atoms with van der Waals surface area (Å²) in [6, 6.07) is 16.1. The second-order valence-corrected chi connectivity index (χ2v) is 5.72. The Balaban J connectivity index is 1.65. The van der Waals surface area contributed by atoms with Crippen LogP contribution in [0.5, 0.6) is 11.5 Å². The Kier molecular flexibility index (Phi) is 7.63. The number of aryl methyl sites for hydroxylation is 1. The van der Waals surface area contributed by atoms with Gasteiger partial charge in [0.05, 0.1) is 13.7 Å². The highest BCUT2D eigenvalue weighted by atomic mass is 16.5. The molecule has 134 valence electrons. The maximum atomic E-state index is 5.72. The molecule has 0 spiro atoms. The molecule has 0 amide bonds. The van der Waals surface area contributed by atoms with Gasteiger partial charge < -0.3 is 20.1 Å². The first-order chi connectivity index (χ1) is 12.2. The lowest BCUT2D eigenvalue weighted by molar-refractivity contribution is 0.311. The van der Waals surface area contributed by atoms with E-state index in [1.807, 2.05) is 30.3 Å². The molecule has 0 heterocycles. The van der Waals surface area contributed by atoms with Gasteiger partial charge in [0.15, 0.2) is 5.96 Å². The van der Waals surface area contributed by atoms with Gasteiger partial charge in [-0.3, -0.25) is 4.99 Å². The first-order valence-corrected chi connectivity index (χ1v) is 8.48. The van der Waals surface area contributed by atoms with Gasteiger partial charge in [0.2, 0.25) is 0 Å². The minimum absolute atomic E-state index is 0.670. The molecule has 0 saturated carbocycles. The van der Waals surface area contributed by atoms with Gasteiger partial charge in [0.1, 0.15) is 11.5 Å². The molecule has 5 heteroatoms. The number of methoxy groups -OCH3 is 1. The van der Waals surface area contributed by atoms with Crippen LogP contribution >= 0.6 is 0 Å². The third-order valence-corrected chi connectivity index (χ3v) is 3.72. The smallest absolute Gasteiger partial charge is 0.191 e. The van der Waals surface area contributed by atoms with E-state index in [1.165, 1.54) is 5.56 Å². The van der Waals surface area contributed by atoms with Gasteiger partial charge in [-0.1, -0.05) is 29.8 Å². The van der Waals surface area contributed by atoms with Crippen molar-refractivity contribution in [1.82, 2.24) is 10.6 Å². The van der Waals surface area contributed by atoms with Gasteiger partial charge in [-0.05, 0) is 43.2 Å². The zero-order chi connectivity index (χ0) is 17.9. The molecule has 0 unspecified atom stereocenters. The topological polar surface area (TPSA) is 54.9 Å². The third-order valence-electron chi connectivity index (χ3n) is 3.72. The van der Waals surface area contributed by atoms with Gasteiger partial charge in [-0.15, -0.1) is 0 Å². The molecule has 2 aromatic carbocycles. The monoisotopic (exact) mass is 341 g/mol. The molecular formula is C20H27N3O2. The second kappa shape index (κ2) is 10.2. The Morgan fingerprint density at radius 1 is 1.04 bits per heavy atom. The van der Waals surface area contributed by atoms with Crippen molar-refractivity contribution in [2.24, 2.45) is 4.99 Å². The lowest BCUT2D eigenvalue weighted by Crippen LogP contribution is -2.37. The minimum Gasteiger partial charge on any atom is -0.497 e. The van der Waals surface area contributed by atoms with Crippen LogP contribution in [0.4, 0.5) is 0 Å². The van der Waals surface area contributed by atoms with Gasteiger partial charge in [-0.2, -0.15) is 0 Å². The number of hydrogen-bond donors (Lipinski definition) is 2. The first kappa shape index (κ1) is 18.6. The van der Waals surface area contributed by atoms with Crippen LogP contribution in [0.1, 0.15) is 17.5 Å². The second-order valence-electron chi connectivity index (χ2n) is 5.72. The average molecular weight is 341 g/mol. The van der Waals surface area contributed by atoms with Crippen LogP contribution in [-0.4, -0.2) is 33.3 Å². The average Bonchev–Trinajstić information content (AvgIpc) is 2.65. The van der Waals surface area contributed by atoms with Crippen molar-refractivity contribution in [3.63, 3.8) is 0 Å². The van der Waals surface area contributed by atoms with Crippen molar-refractivity contribution in [3.8, 4) is 11.5 Å². The molecule has 2 rings (SSSR count). The molecule has 0 bridgehead atoms. The number of nitrogens with one attached hydrogen (secondary N) is 2. The highest BCUT2D eigenvalue weighted by Crippen LogP contribution is 2.12. The molecule has 0 aromatic heterocycles. The van der Waals surface area contributed by atoms with Crippen LogP contribution in [0.25, 0.3) is 0 Å². The molecule has 0 aliphatic heterocycles. The summed E-state index contributed by atoms with van der Waals surface area (Å²) in [5.41, 5.74) is 2.38. The van der Waals surface area contributed by atoms with E-state index in [0.29, 0.717) is 13.2 Å². The molecule has 0 fully saturated rings. The number of hydrogen-bond acceptors (Lipinski definition) is 3. The van der Waals surface area contributed by atoms with Crippen LogP contribution in [-0.2, 0) is 6.54 Å². The molecule has 2 N–H and O–H groups in total. The zero-order valence-electron chi connectivity index (χ0n) is 15.2. The van der Waals surface area contributed by atoms with E-state index in [1.54, 1.807) is 14.2 Å². The van der Waals surface area contributed by atoms with E-state index in [4.69, 9.17) is 9.47 Å².